The van der Waals surface area contributed by atoms with Crippen molar-refractivity contribution in [2.24, 2.45) is 0 Å². The first-order valence-corrected chi connectivity index (χ1v) is 10.4. The Morgan fingerprint density at radius 1 is 0.897 bits per heavy atom. The number of thioether (sulfide) groups is 1. The molecule has 0 aliphatic heterocycles. The van der Waals surface area contributed by atoms with Crippen LogP contribution in [-0.2, 0) is 4.79 Å². The molecule has 3 aromatic carbocycles. The molecule has 0 heterocycles. The minimum Gasteiger partial charge on any atom is -0.321 e. The second kappa shape index (κ2) is 9.75. The number of amides is 2. The van der Waals surface area contributed by atoms with Crippen molar-refractivity contribution in [2.75, 3.05) is 11.6 Å². The predicted molar refractivity (Wildman–Crippen MR) is 120 cm³/mol. The lowest BCUT2D eigenvalue weighted by atomic mass is 10.1. The monoisotopic (exact) mass is 402 g/mol. The number of anilines is 1. The number of benzene rings is 3. The summed E-state index contributed by atoms with van der Waals surface area (Å²) in [7, 11) is 0. The number of carbonyl (C=O) groups excluding carboxylic acids is 2. The van der Waals surface area contributed by atoms with Crippen molar-refractivity contribution in [2.45, 2.75) is 11.8 Å². The molecular formula is C24H22N2O2S. The zero-order valence-corrected chi connectivity index (χ0v) is 17.1. The van der Waals surface area contributed by atoms with Gasteiger partial charge in [0.05, 0.1) is 0 Å². The van der Waals surface area contributed by atoms with Gasteiger partial charge in [-0.3, -0.25) is 9.59 Å². The standard InChI is InChI=1S/C24H22N2O2S/c1-17-11-13-18(14-12-17)15-22(26-23(27)19-7-4-3-5-8-19)24(28)25-20-9-6-10-21(16-20)29-2/h3-16H,1-2H3,(H,25,28)(H,26,27)/b22-15+. The molecule has 2 N–H and O–H groups in total. The van der Waals surface area contributed by atoms with Gasteiger partial charge in [0.1, 0.15) is 5.70 Å². The molecule has 146 valence electrons. The van der Waals surface area contributed by atoms with Gasteiger partial charge in [-0.1, -0.05) is 54.1 Å². The molecule has 0 fully saturated rings. The third-order valence-electron chi connectivity index (χ3n) is 4.24. The molecule has 0 saturated heterocycles. The van der Waals surface area contributed by atoms with E-state index in [-0.39, 0.29) is 17.5 Å². The summed E-state index contributed by atoms with van der Waals surface area (Å²) in [6.07, 6.45) is 3.65. The van der Waals surface area contributed by atoms with Gasteiger partial charge < -0.3 is 10.6 Å². The summed E-state index contributed by atoms with van der Waals surface area (Å²) in [5.41, 5.74) is 3.28. The van der Waals surface area contributed by atoms with Crippen molar-refractivity contribution in [3.63, 3.8) is 0 Å². The highest BCUT2D eigenvalue weighted by Gasteiger charge is 2.15. The van der Waals surface area contributed by atoms with E-state index in [4.69, 9.17) is 0 Å². The summed E-state index contributed by atoms with van der Waals surface area (Å²) in [6.45, 7) is 2.00. The molecule has 3 rings (SSSR count). The summed E-state index contributed by atoms with van der Waals surface area (Å²) in [5.74, 6) is -0.718. The summed E-state index contributed by atoms with van der Waals surface area (Å²) in [4.78, 5) is 26.6. The van der Waals surface area contributed by atoms with Gasteiger partial charge in [0.25, 0.3) is 11.8 Å². The van der Waals surface area contributed by atoms with Crippen LogP contribution in [0.1, 0.15) is 21.5 Å². The van der Waals surface area contributed by atoms with Crippen LogP contribution < -0.4 is 10.6 Å². The molecule has 5 heteroatoms. The normalized spacial score (nSPS) is 11.0. The Morgan fingerprint density at radius 2 is 1.62 bits per heavy atom. The fourth-order valence-electron chi connectivity index (χ4n) is 2.67. The van der Waals surface area contributed by atoms with Gasteiger partial charge in [-0.15, -0.1) is 11.8 Å². The van der Waals surface area contributed by atoms with Crippen molar-refractivity contribution < 1.29 is 9.59 Å². The zero-order valence-electron chi connectivity index (χ0n) is 16.3. The second-order valence-corrected chi connectivity index (χ2v) is 7.35. The molecule has 29 heavy (non-hydrogen) atoms. The molecule has 0 aliphatic rings. The Kier molecular flexibility index (Phi) is 6.87. The summed E-state index contributed by atoms with van der Waals surface area (Å²) < 4.78 is 0. The molecule has 0 unspecified atom stereocenters. The van der Waals surface area contributed by atoms with E-state index in [1.165, 1.54) is 0 Å². The van der Waals surface area contributed by atoms with E-state index in [0.717, 1.165) is 16.0 Å². The van der Waals surface area contributed by atoms with Gasteiger partial charge in [0, 0.05) is 16.1 Å². The molecule has 0 saturated carbocycles. The van der Waals surface area contributed by atoms with Crippen molar-refractivity contribution in [3.8, 4) is 0 Å². The van der Waals surface area contributed by atoms with Gasteiger partial charge in [-0.05, 0) is 55.2 Å². The van der Waals surface area contributed by atoms with E-state index >= 15 is 0 Å². The zero-order chi connectivity index (χ0) is 20.6. The maximum absolute atomic E-state index is 12.9. The maximum Gasteiger partial charge on any atom is 0.272 e. The minimum atomic E-state index is -0.381. The molecule has 0 spiro atoms. The number of carbonyl (C=O) groups is 2. The number of aryl methyl sites for hydroxylation is 1. The van der Waals surface area contributed by atoms with E-state index < -0.39 is 0 Å². The van der Waals surface area contributed by atoms with E-state index in [1.807, 2.05) is 67.8 Å². The van der Waals surface area contributed by atoms with Crippen LogP contribution in [0.15, 0.2) is 89.5 Å². The molecule has 0 bridgehead atoms. The van der Waals surface area contributed by atoms with Crippen LogP contribution in [0, 0.1) is 6.92 Å². The highest BCUT2D eigenvalue weighted by molar-refractivity contribution is 7.98. The highest BCUT2D eigenvalue weighted by Crippen LogP contribution is 2.19. The molecule has 3 aromatic rings. The van der Waals surface area contributed by atoms with Gasteiger partial charge in [-0.25, -0.2) is 0 Å². The lowest BCUT2D eigenvalue weighted by molar-refractivity contribution is -0.113. The smallest absolute Gasteiger partial charge is 0.272 e. The van der Waals surface area contributed by atoms with Crippen molar-refractivity contribution in [1.29, 1.82) is 0 Å². The van der Waals surface area contributed by atoms with Gasteiger partial charge in [-0.2, -0.15) is 0 Å². The molecule has 0 radical (unpaired) electrons. The predicted octanol–water partition coefficient (Wildman–Crippen LogP) is 5.13. The minimum absolute atomic E-state index is 0.178. The maximum atomic E-state index is 12.9. The largest absolute Gasteiger partial charge is 0.321 e. The Balaban J connectivity index is 1.87. The quantitative estimate of drug-likeness (QED) is 0.444. The van der Waals surface area contributed by atoms with Crippen LogP contribution in [0.25, 0.3) is 6.08 Å². The summed E-state index contributed by atoms with van der Waals surface area (Å²) >= 11 is 1.59. The van der Waals surface area contributed by atoms with Crippen LogP contribution >= 0.6 is 11.8 Å². The van der Waals surface area contributed by atoms with E-state index in [9.17, 15) is 9.59 Å². The van der Waals surface area contributed by atoms with Gasteiger partial charge in [0.15, 0.2) is 0 Å². The van der Waals surface area contributed by atoms with Crippen LogP contribution in [0.2, 0.25) is 0 Å². The van der Waals surface area contributed by atoms with E-state index in [2.05, 4.69) is 10.6 Å². The number of nitrogens with one attached hydrogen (secondary N) is 2. The highest BCUT2D eigenvalue weighted by atomic mass is 32.2. The number of hydrogen-bond donors (Lipinski definition) is 2. The number of rotatable bonds is 6. The van der Waals surface area contributed by atoms with E-state index in [1.54, 1.807) is 42.1 Å². The SMILES string of the molecule is CSc1cccc(NC(=O)/C(=C\c2ccc(C)cc2)NC(=O)c2ccccc2)c1. The Hall–Kier alpha value is -3.31. The first-order chi connectivity index (χ1) is 14.0. The Bertz CT molecular complexity index is 1030. The third-order valence-corrected chi connectivity index (χ3v) is 4.97. The van der Waals surface area contributed by atoms with Gasteiger partial charge >= 0.3 is 0 Å². The number of hydrogen-bond acceptors (Lipinski definition) is 3. The fourth-order valence-corrected chi connectivity index (χ4v) is 3.13. The third kappa shape index (κ3) is 5.83. The molecule has 0 atom stereocenters. The molecule has 4 nitrogen and oxygen atoms in total. The topological polar surface area (TPSA) is 58.2 Å². The average Bonchev–Trinajstić information content (AvgIpc) is 2.75. The van der Waals surface area contributed by atoms with Crippen molar-refractivity contribution in [3.05, 3.63) is 101 Å². The lowest BCUT2D eigenvalue weighted by Gasteiger charge is -2.12. The Labute approximate surface area is 175 Å². The van der Waals surface area contributed by atoms with Crippen LogP contribution in [0.5, 0.6) is 0 Å². The van der Waals surface area contributed by atoms with E-state index in [0.29, 0.717) is 11.3 Å². The molecule has 0 aromatic heterocycles. The van der Waals surface area contributed by atoms with Crippen LogP contribution in [0.3, 0.4) is 0 Å². The molecule has 2 amide bonds. The van der Waals surface area contributed by atoms with Gasteiger partial charge in [0.2, 0.25) is 0 Å². The first-order valence-electron chi connectivity index (χ1n) is 9.15. The fraction of sp³-hybridized carbons (Fsp3) is 0.0833. The molecular weight excluding hydrogens is 380 g/mol. The average molecular weight is 403 g/mol. The van der Waals surface area contributed by atoms with Crippen molar-refractivity contribution in [1.82, 2.24) is 5.32 Å². The van der Waals surface area contributed by atoms with Crippen molar-refractivity contribution >= 4 is 35.3 Å². The molecule has 0 aliphatic carbocycles. The Morgan fingerprint density at radius 3 is 2.31 bits per heavy atom. The summed E-state index contributed by atoms with van der Waals surface area (Å²) in [6, 6.07) is 24.1. The van der Waals surface area contributed by atoms with Crippen LogP contribution in [0.4, 0.5) is 5.69 Å². The van der Waals surface area contributed by atoms with Crippen LogP contribution in [-0.4, -0.2) is 18.1 Å². The first kappa shape index (κ1) is 20.4. The summed E-state index contributed by atoms with van der Waals surface area (Å²) in [5, 5.41) is 5.62. The lowest BCUT2D eigenvalue weighted by Crippen LogP contribution is -2.30. The second-order valence-electron chi connectivity index (χ2n) is 6.47.